The van der Waals surface area contributed by atoms with Crippen LogP contribution < -0.4 is 39.0 Å². The molecule has 3 heterocycles. The molecule has 3 aromatic heterocycles. The summed E-state index contributed by atoms with van der Waals surface area (Å²) >= 11 is 0. The van der Waals surface area contributed by atoms with E-state index in [2.05, 4.69) is 31.8 Å². The fourth-order valence-corrected chi connectivity index (χ4v) is 3.58. The second kappa shape index (κ2) is 10.6. The first-order valence-corrected chi connectivity index (χ1v) is 9.70. The Morgan fingerprint density at radius 2 is 2.11 bits per heavy atom. The van der Waals surface area contributed by atoms with Gasteiger partial charge in [0.05, 0.1) is 34.9 Å². The van der Waals surface area contributed by atoms with Gasteiger partial charge >= 0.3 is 29.6 Å². The fourth-order valence-electron chi connectivity index (χ4n) is 2.49. The Hall–Kier alpha value is -1.92. The van der Waals surface area contributed by atoms with Gasteiger partial charge in [-0.25, -0.2) is 4.98 Å². The van der Waals surface area contributed by atoms with Crippen molar-refractivity contribution in [1.29, 1.82) is 0 Å². The molecule has 1 atom stereocenters. The van der Waals surface area contributed by atoms with Gasteiger partial charge in [-0.1, -0.05) is 0 Å². The molecule has 3 aromatic rings. The van der Waals surface area contributed by atoms with Crippen molar-refractivity contribution in [3.05, 3.63) is 35.7 Å². The summed E-state index contributed by atoms with van der Waals surface area (Å²) in [6, 6.07) is 5.34. The second-order valence-corrected chi connectivity index (χ2v) is 7.03. The third kappa shape index (κ3) is 5.32. The van der Waals surface area contributed by atoms with Gasteiger partial charge in [0.1, 0.15) is 12.4 Å². The maximum Gasteiger partial charge on any atom is 1.00 e. The van der Waals surface area contributed by atoms with Crippen molar-refractivity contribution in [3.8, 4) is 23.5 Å². The molecule has 0 bridgehead atoms. The zero-order chi connectivity index (χ0) is 19.2. The van der Waals surface area contributed by atoms with Gasteiger partial charge in [-0.2, -0.15) is 4.98 Å². The van der Waals surface area contributed by atoms with E-state index in [9.17, 15) is 4.21 Å². The Morgan fingerprint density at radius 3 is 2.86 bits per heavy atom. The monoisotopic (exact) mass is 408 g/mol. The number of hydrogen-bond donors (Lipinski definition) is 1. The Labute approximate surface area is 189 Å². The number of aromatic nitrogens is 4. The average molecular weight is 408 g/mol. The van der Waals surface area contributed by atoms with Crippen molar-refractivity contribution in [2.75, 3.05) is 13.7 Å². The van der Waals surface area contributed by atoms with Crippen LogP contribution in [0.15, 0.2) is 29.6 Å². The third-order valence-corrected chi connectivity index (χ3v) is 5.07. The summed E-state index contributed by atoms with van der Waals surface area (Å²) in [5, 5.41) is 0.357. The van der Waals surface area contributed by atoms with Crippen molar-refractivity contribution >= 4 is 22.0 Å². The third-order valence-electron chi connectivity index (χ3n) is 3.91. The first kappa shape index (κ1) is 22.4. The number of rotatable bonds is 7. The van der Waals surface area contributed by atoms with Crippen LogP contribution in [0.1, 0.15) is 26.0 Å². The van der Waals surface area contributed by atoms with Crippen LogP contribution in [0.25, 0.3) is 11.2 Å². The number of pyridine rings is 2. The standard InChI is InChI=1S/C19H20N4O3S.Na.H/c1-4-5-6-11-26-17-8-7-14-18(22-17)23-19(21-14)27(24)12-15-13(2)16(25-3)9-10-20-15;;/h7-10H,6,11-12H2,1-3H3,(H,21,22,23);;/q;+1;-1. The van der Waals surface area contributed by atoms with Gasteiger partial charge < -0.3 is 15.9 Å². The van der Waals surface area contributed by atoms with Crippen LogP contribution in [0.2, 0.25) is 0 Å². The van der Waals surface area contributed by atoms with Crippen molar-refractivity contribution < 1.29 is 44.7 Å². The van der Waals surface area contributed by atoms with E-state index in [1.807, 2.05) is 13.0 Å². The maximum atomic E-state index is 12.7. The number of H-pyrrole nitrogens is 1. The Kier molecular flexibility index (Phi) is 8.45. The maximum absolute atomic E-state index is 12.7. The Morgan fingerprint density at radius 1 is 1.29 bits per heavy atom. The molecule has 1 unspecified atom stereocenters. The zero-order valence-corrected chi connectivity index (χ0v) is 19.2. The van der Waals surface area contributed by atoms with E-state index < -0.39 is 10.8 Å². The summed E-state index contributed by atoms with van der Waals surface area (Å²) in [4.78, 5) is 16.1. The van der Waals surface area contributed by atoms with E-state index in [1.54, 1.807) is 32.4 Å². The quantitative estimate of drug-likeness (QED) is 0.333. The molecule has 0 saturated heterocycles. The van der Waals surface area contributed by atoms with Crippen LogP contribution in [0.5, 0.6) is 11.6 Å². The molecule has 28 heavy (non-hydrogen) atoms. The van der Waals surface area contributed by atoms with Crippen molar-refractivity contribution in [2.24, 2.45) is 0 Å². The van der Waals surface area contributed by atoms with Crippen LogP contribution in [-0.2, 0) is 16.6 Å². The molecule has 0 fully saturated rings. The molecule has 3 rings (SSSR count). The molecule has 0 aromatic carbocycles. The topological polar surface area (TPSA) is 90.0 Å². The Balaban J connectivity index is 0.00000210. The molecule has 0 radical (unpaired) electrons. The number of imidazole rings is 1. The van der Waals surface area contributed by atoms with Crippen molar-refractivity contribution in [3.63, 3.8) is 0 Å². The van der Waals surface area contributed by atoms with Gasteiger partial charge in [-0.15, -0.1) is 11.8 Å². The first-order chi connectivity index (χ1) is 13.1. The van der Waals surface area contributed by atoms with E-state index in [4.69, 9.17) is 9.47 Å². The number of aromatic amines is 1. The van der Waals surface area contributed by atoms with E-state index in [-0.39, 0.29) is 36.7 Å². The van der Waals surface area contributed by atoms with E-state index in [0.717, 1.165) is 11.3 Å². The van der Waals surface area contributed by atoms with Crippen LogP contribution >= 0.6 is 0 Å². The van der Waals surface area contributed by atoms with Gasteiger partial charge in [-0.3, -0.25) is 9.19 Å². The largest absolute Gasteiger partial charge is 1.00 e. The minimum Gasteiger partial charge on any atom is -1.00 e. The molecule has 7 nitrogen and oxygen atoms in total. The molecular weight excluding hydrogens is 387 g/mol. The number of methoxy groups -OCH3 is 1. The number of ether oxygens (including phenoxy) is 2. The fraction of sp³-hybridized carbons (Fsp3) is 0.316. The molecular formula is C19H21N4NaO3S. The molecule has 9 heteroatoms. The van der Waals surface area contributed by atoms with Crippen LogP contribution in [0.3, 0.4) is 0 Å². The van der Waals surface area contributed by atoms with Crippen LogP contribution in [-0.4, -0.2) is 37.9 Å². The molecule has 0 aliphatic heterocycles. The van der Waals surface area contributed by atoms with Gasteiger partial charge in [0, 0.05) is 24.2 Å². The first-order valence-electron chi connectivity index (χ1n) is 8.38. The van der Waals surface area contributed by atoms with Crippen LogP contribution in [0.4, 0.5) is 0 Å². The molecule has 1 N–H and O–H groups in total. The number of hydrogen-bond acceptors (Lipinski definition) is 6. The van der Waals surface area contributed by atoms with E-state index in [0.29, 0.717) is 40.9 Å². The summed E-state index contributed by atoms with van der Waals surface area (Å²) < 4.78 is 23.6. The molecule has 0 aliphatic rings. The van der Waals surface area contributed by atoms with Gasteiger partial charge in [0.25, 0.3) is 0 Å². The molecule has 142 valence electrons. The normalized spacial score (nSPS) is 11.2. The van der Waals surface area contributed by atoms with E-state index in [1.165, 1.54) is 0 Å². The zero-order valence-electron chi connectivity index (χ0n) is 17.4. The number of fused-ring (bicyclic) bond motifs is 1. The minimum absolute atomic E-state index is 0. The van der Waals surface area contributed by atoms with Gasteiger partial charge in [0.2, 0.25) is 5.88 Å². The average Bonchev–Trinajstić information content (AvgIpc) is 3.10. The van der Waals surface area contributed by atoms with Crippen molar-refractivity contribution in [1.82, 2.24) is 19.9 Å². The van der Waals surface area contributed by atoms with Gasteiger partial charge in [0.15, 0.2) is 10.8 Å². The molecule has 0 amide bonds. The van der Waals surface area contributed by atoms with Crippen molar-refractivity contribution in [2.45, 2.75) is 31.2 Å². The molecule has 0 saturated carbocycles. The predicted molar refractivity (Wildman–Crippen MR) is 104 cm³/mol. The summed E-state index contributed by atoms with van der Waals surface area (Å²) in [6.07, 6.45) is 2.28. The summed E-state index contributed by atoms with van der Waals surface area (Å²) in [6.45, 7) is 4.15. The number of nitrogens with zero attached hydrogens (tertiary/aromatic N) is 3. The summed E-state index contributed by atoms with van der Waals surface area (Å²) in [5.74, 6) is 7.17. The number of nitrogens with one attached hydrogen (secondary N) is 1. The second-order valence-electron chi connectivity index (χ2n) is 5.66. The summed E-state index contributed by atoms with van der Waals surface area (Å²) in [7, 11) is 0.214. The van der Waals surface area contributed by atoms with Gasteiger partial charge in [-0.05, 0) is 26.0 Å². The molecule has 0 aliphatic carbocycles. The smallest absolute Gasteiger partial charge is 1.00 e. The molecule has 0 spiro atoms. The Bertz CT molecular complexity index is 1050. The summed E-state index contributed by atoms with van der Waals surface area (Å²) in [5.41, 5.74) is 2.75. The minimum atomic E-state index is -1.39. The van der Waals surface area contributed by atoms with E-state index >= 15 is 0 Å². The van der Waals surface area contributed by atoms with Crippen LogP contribution in [0, 0.1) is 18.8 Å². The predicted octanol–water partition coefficient (Wildman–Crippen LogP) is -0.114. The SMILES string of the molecule is CC#CCCOc1ccc2[nH]c(S(=O)Cc3nccc(OC)c3C)nc2n1.[H-].[Na+].